The average molecular weight is 319 g/mol. The standard InChI is InChI=1S/C20H21N3O/c1-13(21)19-18-16(15-9-5-6-10-17(15)22-18)11-12-23(19)20(24)14-7-3-2-4-8-14/h2-10,13,19,22H,11-12,21H2,1H3. The van der Waals surface area contributed by atoms with E-state index in [-0.39, 0.29) is 18.0 Å². The van der Waals surface area contributed by atoms with Gasteiger partial charge in [0.15, 0.2) is 0 Å². The predicted octanol–water partition coefficient (Wildman–Crippen LogP) is 3.25. The molecule has 4 heteroatoms. The van der Waals surface area contributed by atoms with Crippen molar-refractivity contribution in [2.45, 2.75) is 25.4 Å². The molecule has 3 aromatic rings. The Morgan fingerprint density at radius 2 is 1.88 bits per heavy atom. The van der Waals surface area contributed by atoms with Crippen LogP contribution in [0.25, 0.3) is 10.9 Å². The van der Waals surface area contributed by atoms with Crippen LogP contribution >= 0.6 is 0 Å². The van der Waals surface area contributed by atoms with Crippen molar-refractivity contribution in [3.8, 4) is 0 Å². The van der Waals surface area contributed by atoms with E-state index in [4.69, 9.17) is 5.73 Å². The molecule has 2 heterocycles. The fourth-order valence-electron chi connectivity index (χ4n) is 3.79. The van der Waals surface area contributed by atoms with Crippen LogP contribution in [0.1, 0.15) is 34.6 Å². The van der Waals surface area contributed by atoms with Gasteiger partial charge in [-0.2, -0.15) is 0 Å². The zero-order valence-electron chi connectivity index (χ0n) is 13.7. The number of rotatable bonds is 2. The van der Waals surface area contributed by atoms with Crippen LogP contribution in [0.5, 0.6) is 0 Å². The Morgan fingerprint density at radius 1 is 1.17 bits per heavy atom. The van der Waals surface area contributed by atoms with Gasteiger partial charge in [-0.15, -0.1) is 0 Å². The largest absolute Gasteiger partial charge is 0.356 e. The van der Waals surface area contributed by atoms with Crippen molar-refractivity contribution in [2.24, 2.45) is 5.73 Å². The fraction of sp³-hybridized carbons (Fsp3) is 0.250. The van der Waals surface area contributed by atoms with Gasteiger partial charge in [0.05, 0.1) is 6.04 Å². The Balaban J connectivity index is 1.79. The minimum absolute atomic E-state index is 0.0437. The van der Waals surface area contributed by atoms with E-state index in [1.165, 1.54) is 10.9 Å². The average Bonchev–Trinajstić information content (AvgIpc) is 2.99. The van der Waals surface area contributed by atoms with E-state index in [9.17, 15) is 4.79 Å². The molecule has 2 unspecified atom stereocenters. The van der Waals surface area contributed by atoms with Gasteiger partial charge < -0.3 is 15.6 Å². The lowest BCUT2D eigenvalue weighted by Crippen LogP contribution is -2.46. The van der Waals surface area contributed by atoms with Crippen LogP contribution in [-0.4, -0.2) is 28.4 Å². The lowest BCUT2D eigenvalue weighted by atomic mass is 9.93. The summed E-state index contributed by atoms with van der Waals surface area (Å²) in [5, 5.41) is 1.24. The highest BCUT2D eigenvalue weighted by Crippen LogP contribution is 2.36. The second-order valence-corrected chi connectivity index (χ2v) is 6.48. The van der Waals surface area contributed by atoms with Gasteiger partial charge in [0.2, 0.25) is 0 Å². The summed E-state index contributed by atoms with van der Waals surface area (Å²) in [5.74, 6) is 0.0437. The molecule has 0 fully saturated rings. The van der Waals surface area contributed by atoms with Gasteiger partial charge in [-0.05, 0) is 37.1 Å². The number of nitrogens with zero attached hydrogens (tertiary/aromatic N) is 1. The second kappa shape index (κ2) is 5.80. The highest BCUT2D eigenvalue weighted by molar-refractivity contribution is 5.95. The first kappa shape index (κ1) is 15.0. The first-order valence-corrected chi connectivity index (χ1v) is 8.38. The molecule has 4 rings (SSSR count). The number of H-pyrrole nitrogens is 1. The van der Waals surface area contributed by atoms with Crippen LogP contribution in [0.3, 0.4) is 0 Å². The molecule has 122 valence electrons. The third-order valence-electron chi connectivity index (χ3n) is 4.86. The summed E-state index contributed by atoms with van der Waals surface area (Å²) < 4.78 is 0. The van der Waals surface area contributed by atoms with Crippen molar-refractivity contribution in [3.63, 3.8) is 0 Å². The Hall–Kier alpha value is -2.59. The fourth-order valence-corrected chi connectivity index (χ4v) is 3.79. The van der Waals surface area contributed by atoms with Gasteiger partial charge in [0.25, 0.3) is 5.91 Å². The minimum atomic E-state index is -0.148. The Morgan fingerprint density at radius 3 is 2.62 bits per heavy atom. The van der Waals surface area contributed by atoms with Crippen molar-refractivity contribution >= 4 is 16.8 Å². The third-order valence-corrected chi connectivity index (χ3v) is 4.86. The maximum atomic E-state index is 13.0. The summed E-state index contributed by atoms with van der Waals surface area (Å²) in [4.78, 5) is 18.4. The van der Waals surface area contributed by atoms with Crippen LogP contribution in [-0.2, 0) is 6.42 Å². The van der Waals surface area contributed by atoms with Gasteiger partial charge in [-0.25, -0.2) is 0 Å². The number of nitrogens with two attached hydrogens (primary N) is 1. The Labute approximate surface area is 141 Å². The van der Waals surface area contributed by atoms with Crippen LogP contribution in [0.15, 0.2) is 54.6 Å². The zero-order chi connectivity index (χ0) is 16.7. The SMILES string of the molecule is CC(N)C1c2[nH]c3ccccc3c2CCN1C(=O)c1ccccc1. The van der Waals surface area contributed by atoms with E-state index in [0.29, 0.717) is 12.1 Å². The number of fused-ring (bicyclic) bond motifs is 3. The smallest absolute Gasteiger partial charge is 0.254 e. The number of benzene rings is 2. The zero-order valence-corrected chi connectivity index (χ0v) is 13.7. The van der Waals surface area contributed by atoms with Crippen LogP contribution in [0.2, 0.25) is 0 Å². The second-order valence-electron chi connectivity index (χ2n) is 6.48. The summed E-state index contributed by atoms with van der Waals surface area (Å²) in [6.45, 7) is 2.66. The number of carbonyl (C=O) groups is 1. The number of hydrogen-bond donors (Lipinski definition) is 2. The molecule has 1 aliphatic rings. The highest BCUT2D eigenvalue weighted by Gasteiger charge is 2.35. The third kappa shape index (κ3) is 2.31. The predicted molar refractivity (Wildman–Crippen MR) is 95.9 cm³/mol. The number of aromatic amines is 1. The lowest BCUT2D eigenvalue weighted by molar-refractivity contribution is 0.0632. The van der Waals surface area contributed by atoms with E-state index in [1.54, 1.807) is 0 Å². The molecule has 0 saturated heterocycles. The number of aromatic nitrogens is 1. The van der Waals surface area contributed by atoms with E-state index >= 15 is 0 Å². The highest BCUT2D eigenvalue weighted by atomic mass is 16.2. The summed E-state index contributed by atoms with van der Waals surface area (Å²) in [6, 6.07) is 17.5. The number of hydrogen-bond acceptors (Lipinski definition) is 2. The first-order valence-electron chi connectivity index (χ1n) is 8.38. The molecule has 1 amide bonds. The van der Waals surface area contributed by atoms with Crippen molar-refractivity contribution < 1.29 is 4.79 Å². The van der Waals surface area contributed by atoms with Gasteiger partial charge in [0, 0.05) is 34.7 Å². The van der Waals surface area contributed by atoms with E-state index < -0.39 is 0 Å². The molecular weight excluding hydrogens is 298 g/mol. The van der Waals surface area contributed by atoms with Crippen LogP contribution in [0.4, 0.5) is 0 Å². The molecule has 3 N–H and O–H groups in total. The summed E-state index contributed by atoms with van der Waals surface area (Å²) in [7, 11) is 0. The van der Waals surface area contributed by atoms with Gasteiger partial charge in [-0.3, -0.25) is 4.79 Å². The minimum Gasteiger partial charge on any atom is -0.356 e. The van der Waals surface area contributed by atoms with E-state index in [1.807, 2.05) is 48.2 Å². The van der Waals surface area contributed by atoms with Crippen molar-refractivity contribution in [3.05, 3.63) is 71.4 Å². The Kier molecular flexibility index (Phi) is 3.62. The van der Waals surface area contributed by atoms with Gasteiger partial charge in [-0.1, -0.05) is 36.4 Å². The van der Waals surface area contributed by atoms with Crippen molar-refractivity contribution in [1.29, 1.82) is 0 Å². The number of carbonyl (C=O) groups excluding carboxylic acids is 1. The topological polar surface area (TPSA) is 62.1 Å². The Bertz CT molecular complexity index is 882. The molecule has 24 heavy (non-hydrogen) atoms. The lowest BCUT2D eigenvalue weighted by Gasteiger charge is -2.38. The van der Waals surface area contributed by atoms with E-state index in [2.05, 4.69) is 23.2 Å². The molecule has 4 nitrogen and oxygen atoms in total. The summed E-state index contributed by atoms with van der Waals surface area (Å²) in [6.07, 6.45) is 0.848. The number of amides is 1. The molecule has 0 bridgehead atoms. The molecule has 2 aromatic carbocycles. The maximum absolute atomic E-state index is 13.0. The molecule has 0 radical (unpaired) electrons. The molecule has 1 aliphatic heterocycles. The molecular formula is C20H21N3O. The molecule has 1 aromatic heterocycles. The van der Waals surface area contributed by atoms with Gasteiger partial charge >= 0.3 is 0 Å². The van der Waals surface area contributed by atoms with Gasteiger partial charge in [0.1, 0.15) is 0 Å². The maximum Gasteiger partial charge on any atom is 0.254 e. The normalized spacial score (nSPS) is 18.4. The quantitative estimate of drug-likeness (QED) is 0.761. The van der Waals surface area contributed by atoms with Crippen molar-refractivity contribution in [2.75, 3.05) is 6.54 Å². The molecule has 2 atom stereocenters. The number of para-hydroxylation sites is 1. The molecule has 0 spiro atoms. The van der Waals surface area contributed by atoms with Crippen LogP contribution < -0.4 is 5.73 Å². The molecule has 0 saturated carbocycles. The summed E-state index contributed by atoms with van der Waals surface area (Å²) in [5.41, 5.74) is 10.5. The first-order chi connectivity index (χ1) is 11.7. The van der Waals surface area contributed by atoms with E-state index in [0.717, 1.165) is 17.6 Å². The monoisotopic (exact) mass is 319 g/mol. The van der Waals surface area contributed by atoms with Crippen LogP contribution in [0, 0.1) is 0 Å². The molecule has 0 aliphatic carbocycles. The van der Waals surface area contributed by atoms with Crippen molar-refractivity contribution in [1.82, 2.24) is 9.88 Å². The summed E-state index contributed by atoms with van der Waals surface area (Å²) >= 11 is 0. The number of nitrogens with one attached hydrogen (secondary N) is 1.